The van der Waals surface area contributed by atoms with E-state index in [4.69, 9.17) is 4.52 Å². The van der Waals surface area contributed by atoms with E-state index in [1.165, 1.54) is 6.07 Å². The van der Waals surface area contributed by atoms with Crippen LogP contribution in [0.5, 0.6) is 0 Å². The van der Waals surface area contributed by atoms with Gasteiger partial charge in [0, 0.05) is 11.5 Å². The lowest BCUT2D eigenvalue weighted by Gasteiger charge is -2.11. The second-order valence-electron chi connectivity index (χ2n) is 7.42. The molecule has 2 heterocycles. The first-order chi connectivity index (χ1) is 14.8. The Balaban J connectivity index is 1.57. The van der Waals surface area contributed by atoms with Crippen LogP contribution < -0.4 is 10.0 Å². The summed E-state index contributed by atoms with van der Waals surface area (Å²) in [7, 11) is -3.66. The van der Waals surface area contributed by atoms with Gasteiger partial charge in [-0.3, -0.25) is 14.5 Å². The minimum atomic E-state index is -3.66. The molecule has 4 rings (SSSR count). The predicted molar refractivity (Wildman–Crippen MR) is 115 cm³/mol. The SMILES string of the molecule is Cc1cccc(-c2nc(C(C)C)no2)c1NC(=O)CN=C1NS(=O)(=O)c2ccccc21. The number of anilines is 1. The summed E-state index contributed by atoms with van der Waals surface area (Å²) in [5.41, 5.74) is 2.40. The molecule has 0 bridgehead atoms. The van der Waals surface area contributed by atoms with Crippen LogP contribution in [0.25, 0.3) is 11.5 Å². The maximum absolute atomic E-state index is 12.6. The van der Waals surface area contributed by atoms with Crippen LogP contribution in [-0.2, 0) is 14.8 Å². The number of aryl methyl sites for hydroxylation is 1. The number of carbonyl (C=O) groups excluding carboxylic acids is 1. The predicted octanol–water partition coefficient (Wildman–Crippen LogP) is 2.85. The molecule has 0 radical (unpaired) electrons. The van der Waals surface area contributed by atoms with E-state index in [1.807, 2.05) is 32.9 Å². The fraction of sp³-hybridized carbons (Fsp3) is 0.238. The summed E-state index contributed by atoms with van der Waals surface area (Å²) < 4.78 is 32.1. The number of nitrogens with one attached hydrogen (secondary N) is 2. The third-order valence-corrected chi connectivity index (χ3v) is 6.17. The van der Waals surface area contributed by atoms with Crippen molar-refractivity contribution in [2.75, 3.05) is 11.9 Å². The number of rotatable bonds is 5. The zero-order chi connectivity index (χ0) is 22.2. The van der Waals surface area contributed by atoms with Crippen LogP contribution in [0.15, 0.2) is 56.9 Å². The maximum Gasteiger partial charge on any atom is 0.263 e. The van der Waals surface area contributed by atoms with Crippen molar-refractivity contribution in [1.82, 2.24) is 14.9 Å². The Bertz CT molecular complexity index is 1290. The van der Waals surface area contributed by atoms with Crippen molar-refractivity contribution in [2.45, 2.75) is 31.6 Å². The van der Waals surface area contributed by atoms with Crippen molar-refractivity contribution in [3.8, 4) is 11.5 Å². The Kier molecular flexibility index (Phi) is 5.32. The zero-order valence-corrected chi connectivity index (χ0v) is 18.0. The van der Waals surface area contributed by atoms with Crippen molar-refractivity contribution in [1.29, 1.82) is 0 Å². The number of amidine groups is 1. The molecule has 9 nitrogen and oxygen atoms in total. The Hall–Kier alpha value is -3.53. The summed E-state index contributed by atoms with van der Waals surface area (Å²) in [4.78, 5) is 21.4. The smallest absolute Gasteiger partial charge is 0.263 e. The molecule has 1 amide bonds. The van der Waals surface area contributed by atoms with Crippen molar-refractivity contribution in [2.24, 2.45) is 4.99 Å². The summed E-state index contributed by atoms with van der Waals surface area (Å²) in [5.74, 6) is 0.734. The van der Waals surface area contributed by atoms with Crippen LogP contribution in [0.3, 0.4) is 0 Å². The van der Waals surface area contributed by atoms with E-state index in [2.05, 4.69) is 25.2 Å². The average Bonchev–Trinajstić information content (AvgIpc) is 3.32. The molecular weight excluding hydrogens is 418 g/mol. The molecule has 10 heteroatoms. The molecule has 0 atom stereocenters. The molecule has 2 N–H and O–H groups in total. The molecule has 0 fully saturated rings. The first-order valence-electron chi connectivity index (χ1n) is 9.66. The monoisotopic (exact) mass is 439 g/mol. The van der Waals surface area contributed by atoms with Gasteiger partial charge in [0.15, 0.2) is 5.82 Å². The Morgan fingerprint density at radius 3 is 2.65 bits per heavy atom. The Morgan fingerprint density at radius 2 is 1.90 bits per heavy atom. The van der Waals surface area contributed by atoms with Crippen LogP contribution >= 0.6 is 0 Å². The van der Waals surface area contributed by atoms with Crippen molar-refractivity contribution in [3.63, 3.8) is 0 Å². The van der Waals surface area contributed by atoms with Gasteiger partial charge in [0.1, 0.15) is 12.4 Å². The number of carbonyl (C=O) groups is 1. The molecular formula is C21H21N5O4S. The molecule has 1 aromatic heterocycles. The average molecular weight is 439 g/mol. The lowest BCUT2D eigenvalue weighted by molar-refractivity contribution is -0.114. The number of para-hydroxylation sites is 1. The number of amides is 1. The normalized spacial score (nSPS) is 15.7. The number of aliphatic imine (C=N–C) groups is 1. The minimum Gasteiger partial charge on any atom is -0.334 e. The van der Waals surface area contributed by atoms with E-state index < -0.39 is 15.9 Å². The Labute approximate surface area is 179 Å². The van der Waals surface area contributed by atoms with Crippen LogP contribution in [0.4, 0.5) is 5.69 Å². The van der Waals surface area contributed by atoms with Gasteiger partial charge in [-0.2, -0.15) is 4.98 Å². The third-order valence-electron chi connectivity index (χ3n) is 4.77. The molecule has 2 aromatic carbocycles. The van der Waals surface area contributed by atoms with Crippen molar-refractivity contribution >= 4 is 27.5 Å². The van der Waals surface area contributed by atoms with Crippen molar-refractivity contribution < 1.29 is 17.7 Å². The summed E-state index contributed by atoms with van der Waals surface area (Å²) >= 11 is 0. The molecule has 0 saturated carbocycles. The van der Waals surface area contributed by atoms with E-state index >= 15 is 0 Å². The number of fused-ring (bicyclic) bond motifs is 1. The number of sulfonamides is 1. The summed E-state index contributed by atoms with van der Waals surface area (Å²) in [6.45, 7) is 5.51. The molecule has 31 heavy (non-hydrogen) atoms. The standard InChI is InChI=1S/C21H21N5O4S/c1-12(2)19-24-21(30-25-19)15-9-6-7-13(3)18(15)23-17(27)11-22-20-14-8-4-5-10-16(14)31(28,29)26-20/h4-10,12H,11H2,1-3H3,(H,22,26)(H,23,27). The number of aromatic nitrogens is 2. The van der Waals surface area contributed by atoms with Gasteiger partial charge in [-0.1, -0.05) is 43.3 Å². The van der Waals surface area contributed by atoms with Gasteiger partial charge in [0.25, 0.3) is 15.9 Å². The van der Waals surface area contributed by atoms with Crippen LogP contribution in [0, 0.1) is 6.92 Å². The molecule has 160 valence electrons. The number of benzene rings is 2. The van der Waals surface area contributed by atoms with E-state index in [0.29, 0.717) is 28.5 Å². The van der Waals surface area contributed by atoms with Gasteiger partial charge >= 0.3 is 0 Å². The highest BCUT2D eigenvalue weighted by Crippen LogP contribution is 2.30. The topological polar surface area (TPSA) is 127 Å². The molecule has 0 saturated heterocycles. The van der Waals surface area contributed by atoms with Crippen LogP contribution in [0.2, 0.25) is 0 Å². The maximum atomic E-state index is 12.6. The van der Waals surface area contributed by atoms with Gasteiger partial charge in [-0.05, 0) is 30.7 Å². The van der Waals surface area contributed by atoms with E-state index in [0.717, 1.165) is 5.56 Å². The van der Waals surface area contributed by atoms with E-state index in [1.54, 1.807) is 24.3 Å². The van der Waals surface area contributed by atoms with Gasteiger partial charge in [-0.25, -0.2) is 8.42 Å². The summed E-state index contributed by atoms with van der Waals surface area (Å²) in [5, 5.41) is 6.81. The first kappa shape index (κ1) is 20.7. The lowest BCUT2D eigenvalue weighted by Crippen LogP contribution is -2.24. The first-order valence-corrected chi connectivity index (χ1v) is 11.1. The van der Waals surface area contributed by atoms with Gasteiger partial charge in [0.2, 0.25) is 5.91 Å². The number of hydrogen-bond acceptors (Lipinski definition) is 7. The van der Waals surface area contributed by atoms with Gasteiger partial charge in [0.05, 0.1) is 16.1 Å². The lowest BCUT2D eigenvalue weighted by atomic mass is 10.1. The highest BCUT2D eigenvalue weighted by atomic mass is 32.2. The molecule has 0 aliphatic carbocycles. The highest BCUT2D eigenvalue weighted by Gasteiger charge is 2.30. The second kappa shape index (κ2) is 7.95. The molecule has 1 aliphatic rings. The number of nitrogens with zero attached hydrogens (tertiary/aromatic N) is 3. The summed E-state index contributed by atoms with van der Waals surface area (Å²) in [6, 6.07) is 12.0. The van der Waals surface area contributed by atoms with E-state index in [-0.39, 0.29) is 23.2 Å². The second-order valence-corrected chi connectivity index (χ2v) is 9.08. The van der Waals surface area contributed by atoms with Gasteiger partial charge < -0.3 is 9.84 Å². The molecule has 0 unspecified atom stereocenters. The molecule has 1 aliphatic heterocycles. The Morgan fingerprint density at radius 1 is 1.16 bits per heavy atom. The van der Waals surface area contributed by atoms with Gasteiger partial charge in [-0.15, -0.1) is 0 Å². The number of hydrogen-bond donors (Lipinski definition) is 2. The largest absolute Gasteiger partial charge is 0.334 e. The van der Waals surface area contributed by atoms with Crippen molar-refractivity contribution in [3.05, 3.63) is 59.4 Å². The fourth-order valence-electron chi connectivity index (χ4n) is 3.17. The fourth-order valence-corrected chi connectivity index (χ4v) is 4.42. The summed E-state index contributed by atoms with van der Waals surface area (Å²) in [6.07, 6.45) is 0. The zero-order valence-electron chi connectivity index (χ0n) is 17.2. The quantitative estimate of drug-likeness (QED) is 0.629. The molecule has 3 aromatic rings. The third kappa shape index (κ3) is 4.06. The highest BCUT2D eigenvalue weighted by molar-refractivity contribution is 7.90. The van der Waals surface area contributed by atoms with Crippen LogP contribution in [0.1, 0.15) is 36.7 Å². The van der Waals surface area contributed by atoms with E-state index in [9.17, 15) is 13.2 Å². The minimum absolute atomic E-state index is 0.106. The van der Waals surface area contributed by atoms with Crippen LogP contribution in [-0.4, -0.2) is 36.8 Å². The molecule has 0 spiro atoms.